The van der Waals surface area contributed by atoms with E-state index in [9.17, 15) is 13.6 Å². The number of anilines is 1. The number of piperidine rings is 1. The van der Waals surface area contributed by atoms with Gasteiger partial charge in [0.2, 0.25) is 0 Å². The van der Waals surface area contributed by atoms with Crippen LogP contribution in [0.25, 0.3) is 22.0 Å². The van der Waals surface area contributed by atoms with Crippen LogP contribution in [0.4, 0.5) is 14.6 Å². The third-order valence-corrected chi connectivity index (χ3v) is 5.21. The molecule has 1 unspecified atom stereocenters. The summed E-state index contributed by atoms with van der Waals surface area (Å²) < 4.78 is 28.5. The largest absolute Gasteiger partial charge is 0.355 e. The van der Waals surface area contributed by atoms with Gasteiger partial charge in [0, 0.05) is 19.0 Å². The normalized spacial score (nSPS) is 17.3. The van der Waals surface area contributed by atoms with Crippen molar-refractivity contribution >= 4 is 34.6 Å². The highest BCUT2D eigenvalue weighted by Gasteiger charge is 2.24. The molecule has 1 aromatic heterocycles. The number of hydrogen-bond donors (Lipinski definition) is 0. The summed E-state index contributed by atoms with van der Waals surface area (Å²) in [5.74, 6) is -0.565. The highest BCUT2D eigenvalue weighted by molar-refractivity contribution is 6.30. The molecule has 27 heavy (non-hydrogen) atoms. The Morgan fingerprint density at radius 3 is 2.78 bits per heavy atom. The van der Waals surface area contributed by atoms with Crippen molar-refractivity contribution in [1.29, 1.82) is 0 Å². The van der Waals surface area contributed by atoms with E-state index in [4.69, 9.17) is 11.6 Å². The average Bonchev–Trinajstić information content (AvgIpc) is 2.70. The number of carbonyl (C=O) groups is 1. The third-order valence-electron chi connectivity index (χ3n) is 4.90. The summed E-state index contributed by atoms with van der Waals surface area (Å²) in [6.45, 7) is 1.22. The van der Waals surface area contributed by atoms with Crippen LogP contribution in [-0.2, 0) is 4.79 Å². The van der Waals surface area contributed by atoms with Gasteiger partial charge in [-0.15, -0.1) is 0 Å². The fourth-order valence-corrected chi connectivity index (χ4v) is 3.70. The van der Waals surface area contributed by atoms with Gasteiger partial charge < -0.3 is 9.69 Å². The first-order valence-electron chi connectivity index (χ1n) is 8.67. The second kappa shape index (κ2) is 7.19. The van der Waals surface area contributed by atoms with Crippen molar-refractivity contribution in [2.45, 2.75) is 12.8 Å². The number of halogens is 3. The van der Waals surface area contributed by atoms with Crippen LogP contribution in [0.5, 0.6) is 0 Å². The molecule has 1 aliphatic rings. The van der Waals surface area contributed by atoms with Crippen LogP contribution >= 0.6 is 11.6 Å². The molecule has 4 nitrogen and oxygen atoms in total. The summed E-state index contributed by atoms with van der Waals surface area (Å²) >= 11 is 5.80. The Morgan fingerprint density at radius 2 is 2.00 bits per heavy atom. The van der Waals surface area contributed by atoms with Gasteiger partial charge in [-0.05, 0) is 42.2 Å². The molecule has 0 spiro atoms. The summed E-state index contributed by atoms with van der Waals surface area (Å²) in [4.78, 5) is 21.7. The lowest BCUT2D eigenvalue weighted by molar-refractivity contribution is -0.111. The predicted molar refractivity (Wildman–Crippen MR) is 101 cm³/mol. The molecule has 1 aliphatic heterocycles. The molecule has 0 aliphatic carbocycles. The van der Waals surface area contributed by atoms with E-state index in [0.717, 1.165) is 19.1 Å². The molecule has 0 radical (unpaired) electrons. The van der Waals surface area contributed by atoms with Gasteiger partial charge in [-0.2, -0.15) is 0 Å². The van der Waals surface area contributed by atoms with Gasteiger partial charge in [-0.1, -0.05) is 23.7 Å². The Hall–Kier alpha value is -2.60. The number of carbonyl (C=O) groups excluding carboxylic acids is 1. The van der Waals surface area contributed by atoms with Gasteiger partial charge in [-0.25, -0.2) is 18.7 Å². The molecule has 1 saturated heterocycles. The number of rotatable bonds is 3. The van der Waals surface area contributed by atoms with Crippen LogP contribution in [0, 0.1) is 17.6 Å². The van der Waals surface area contributed by atoms with Crippen LogP contribution in [0.1, 0.15) is 12.8 Å². The second-order valence-electron chi connectivity index (χ2n) is 6.63. The van der Waals surface area contributed by atoms with E-state index in [2.05, 4.69) is 9.97 Å². The number of aromatic nitrogens is 2. The lowest BCUT2D eigenvalue weighted by Crippen LogP contribution is -2.36. The van der Waals surface area contributed by atoms with Crippen molar-refractivity contribution in [2.24, 2.45) is 5.92 Å². The predicted octanol–water partition coefficient (Wildman–Crippen LogP) is 4.64. The molecular weight excluding hydrogens is 372 g/mol. The highest BCUT2D eigenvalue weighted by atomic mass is 35.5. The summed E-state index contributed by atoms with van der Waals surface area (Å²) in [7, 11) is 0. The smallest absolute Gasteiger partial charge is 0.149 e. The number of hydrogen-bond acceptors (Lipinski definition) is 4. The van der Waals surface area contributed by atoms with Crippen LogP contribution in [0.15, 0.2) is 36.7 Å². The molecule has 138 valence electrons. The lowest BCUT2D eigenvalue weighted by atomic mass is 9.97. The molecule has 1 fully saturated rings. The fourth-order valence-electron chi connectivity index (χ4n) is 3.58. The Labute approximate surface area is 159 Å². The van der Waals surface area contributed by atoms with E-state index < -0.39 is 11.6 Å². The van der Waals surface area contributed by atoms with Gasteiger partial charge in [0.25, 0.3) is 0 Å². The lowest BCUT2D eigenvalue weighted by Gasteiger charge is -2.32. The fraction of sp³-hybridized carbons (Fsp3) is 0.250. The topological polar surface area (TPSA) is 46.1 Å². The van der Waals surface area contributed by atoms with Gasteiger partial charge in [0.1, 0.15) is 35.6 Å². The third kappa shape index (κ3) is 3.25. The zero-order chi connectivity index (χ0) is 19.0. The molecule has 0 saturated carbocycles. The number of fused-ring (bicyclic) bond motifs is 1. The van der Waals surface area contributed by atoms with Crippen molar-refractivity contribution in [3.8, 4) is 11.1 Å². The van der Waals surface area contributed by atoms with Crippen LogP contribution in [0.2, 0.25) is 5.02 Å². The van der Waals surface area contributed by atoms with E-state index in [1.54, 1.807) is 12.1 Å². The average molecular weight is 388 g/mol. The minimum atomic E-state index is -0.552. The molecule has 4 rings (SSSR count). The van der Waals surface area contributed by atoms with E-state index in [1.165, 1.54) is 24.5 Å². The summed E-state index contributed by atoms with van der Waals surface area (Å²) in [6.07, 6.45) is 3.94. The van der Waals surface area contributed by atoms with Crippen molar-refractivity contribution in [1.82, 2.24) is 9.97 Å². The second-order valence-corrected chi connectivity index (χ2v) is 7.04. The van der Waals surface area contributed by atoms with Crippen LogP contribution in [0.3, 0.4) is 0 Å². The minimum Gasteiger partial charge on any atom is -0.355 e. The van der Waals surface area contributed by atoms with E-state index in [-0.39, 0.29) is 16.5 Å². The molecule has 2 aromatic carbocycles. The van der Waals surface area contributed by atoms with E-state index in [1.807, 2.05) is 4.90 Å². The minimum absolute atomic E-state index is 0.0199. The zero-order valence-electron chi connectivity index (χ0n) is 14.3. The van der Waals surface area contributed by atoms with Crippen LogP contribution < -0.4 is 4.90 Å². The molecule has 0 amide bonds. The van der Waals surface area contributed by atoms with Gasteiger partial charge in [-0.3, -0.25) is 0 Å². The first kappa shape index (κ1) is 17.8. The Bertz CT molecular complexity index is 1030. The quantitative estimate of drug-likeness (QED) is 0.614. The zero-order valence-corrected chi connectivity index (χ0v) is 15.1. The first-order valence-corrected chi connectivity index (χ1v) is 9.05. The van der Waals surface area contributed by atoms with E-state index >= 15 is 0 Å². The standard InChI is InChI=1S/C20H16ClF2N3O/c21-15-5-3-13(8-17(15)23)14-4-6-16(22)19-18(14)20(25-11-24-19)26-7-1-2-12(9-26)10-27/h3-6,8,10-12H,1-2,7,9H2. The molecular formula is C20H16ClF2N3O. The van der Waals surface area contributed by atoms with Gasteiger partial charge in [0.15, 0.2) is 0 Å². The van der Waals surface area contributed by atoms with Crippen molar-refractivity contribution in [2.75, 3.05) is 18.0 Å². The summed E-state index contributed by atoms with van der Waals surface area (Å²) in [5.41, 5.74) is 1.34. The maximum absolute atomic E-state index is 14.5. The van der Waals surface area contributed by atoms with Gasteiger partial charge in [0.05, 0.1) is 10.4 Å². The first-order chi connectivity index (χ1) is 13.1. The maximum atomic E-state index is 14.5. The van der Waals surface area contributed by atoms with Crippen molar-refractivity contribution < 1.29 is 13.6 Å². The molecule has 2 heterocycles. The molecule has 0 N–H and O–H groups in total. The Morgan fingerprint density at radius 1 is 1.15 bits per heavy atom. The molecule has 0 bridgehead atoms. The molecule has 7 heteroatoms. The Kier molecular flexibility index (Phi) is 4.74. The highest BCUT2D eigenvalue weighted by Crippen LogP contribution is 2.37. The SMILES string of the molecule is O=CC1CCCN(c2ncnc3c(F)ccc(-c4ccc(Cl)c(F)c4)c23)C1. The van der Waals surface area contributed by atoms with Crippen molar-refractivity contribution in [3.05, 3.63) is 53.3 Å². The number of aldehydes is 1. The number of benzene rings is 2. The van der Waals surface area contributed by atoms with Crippen molar-refractivity contribution in [3.63, 3.8) is 0 Å². The molecule has 1 atom stereocenters. The number of nitrogens with zero attached hydrogens (tertiary/aromatic N) is 3. The van der Waals surface area contributed by atoms with Crippen LogP contribution in [-0.4, -0.2) is 29.3 Å². The van der Waals surface area contributed by atoms with E-state index in [0.29, 0.717) is 35.4 Å². The Balaban J connectivity index is 1.93. The summed E-state index contributed by atoms with van der Waals surface area (Å²) in [6, 6.07) is 7.36. The molecule has 3 aromatic rings. The maximum Gasteiger partial charge on any atom is 0.149 e. The summed E-state index contributed by atoms with van der Waals surface area (Å²) in [5, 5.41) is 0.525. The van der Waals surface area contributed by atoms with Gasteiger partial charge >= 0.3 is 0 Å². The monoisotopic (exact) mass is 387 g/mol.